The number of phenols is 1. The van der Waals surface area contributed by atoms with Gasteiger partial charge in [0.1, 0.15) is 5.75 Å². The van der Waals surface area contributed by atoms with Crippen molar-refractivity contribution in [3.05, 3.63) is 48.3 Å². The van der Waals surface area contributed by atoms with Crippen LogP contribution in [0.2, 0.25) is 16.6 Å². The van der Waals surface area contributed by atoms with Crippen molar-refractivity contribution in [1.29, 1.82) is 0 Å². The molecule has 0 radical (unpaired) electrons. The fraction of sp³-hybridized carbons (Fsp3) is 0.522. The van der Waals surface area contributed by atoms with Gasteiger partial charge in [0.15, 0.2) is 0 Å². The SMILES string of the molecule is CC(C)[Si+](C(C)C)C(C)CCC(O)Cc1ccc(-c2ccc(O)cc2)cn1. The predicted molar refractivity (Wildman–Crippen MR) is 116 cm³/mol. The van der Waals surface area contributed by atoms with Gasteiger partial charge in [-0.2, -0.15) is 0 Å². The molecule has 4 heteroatoms. The molecule has 1 aromatic carbocycles. The lowest BCUT2D eigenvalue weighted by Crippen LogP contribution is -2.27. The van der Waals surface area contributed by atoms with Crippen LogP contribution < -0.4 is 0 Å². The van der Waals surface area contributed by atoms with E-state index in [0.29, 0.717) is 6.42 Å². The van der Waals surface area contributed by atoms with Gasteiger partial charge in [0.25, 0.3) is 0 Å². The molecule has 2 atom stereocenters. The average Bonchev–Trinajstić information content (AvgIpc) is 2.61. The molecule has 146 valence electrons. The van der Waals surface area contributed by atoms with Crippen LogP contribution in [0.5, 0.6) is 5.75 Å². The molecule has 0 aliphatic rings. The predicted octanol–water partition coefficient (Wildman–Crippen LogP) is 5.84. The number of pyridine rings is 1. The van der Waals surface area contributed by atoms with E-state index in [4.69, 9.17) is 0 Å². The molecular formula is C23H34NO2Si+. The summed E-state index contributed by atoms with van der Waals surface area (Å²) in [5, 5.41) is 19.9. The van der Waals surface area contributed by atoms with Crippen LogP contribution in [0.3, 0.4) is 0 Å². The number of benzene rings is 1. The van der Waals surface area contributed by atoms with E-state index >= 15 is 0 Å². The highest BCUT2D eigenvalue weighted by Gasteiger charge is 2.40. The summed E-state index contributed by atoms with van der Waals surface area (Å²) in [5.41, 5.74) is 5.24. The van der Waals surface area contributed by atoms with E-state index in [1.54, 1.807) is 12.1 Å². The molecule has 0 fully saturated rings. The number of aliphatic hydroxyl groups is 1. The van der Waals surface area contributed by atoms with Crippen LogP contribution in [0.4, 0.5) is 0 Å². The average molecular weight is 385 g/mol. The van der Waals surface area contributed by atoms with Crippen LogP contribution >= 0.6 is 0 Å². The molecule has 1 aromatic heterocycles. The molecule has 0 aliphatic heterocycles. The molecule has 2 aromatic rings. The summed E-state index contributed by atoms with van der Waals surface area (Å²) in [7, 11) is -0.408. The minimum absolute atomic E-state index is 0.264. The number of aromatic nitrogens is 1. The van der Waals surface area contributed by atoms with Crippen molar-refractivity contribution in [3.8, 4) is 16.9 Å². The normalized spacial score (nSPS) is 13.8. The molecule has 1 heterocycles. The van der Waals surface area contributed by atoms with E-state index in [1.807, 2.05) is 30.5 Å². The third kappa shape index (κ3) is 6.47. The topological polar surface area (TPSA) is 53.4 Å². The quantitative estimate of drug-likeness (QED) is 0.534. The van der Waals surface area contributed by atoms with E-state index in [2.05, 4.69) is 39.6 Å². The number of nitrogens with zero attached hydrogens (tertiary/aromatic N) is 1. The first-order valence-corrected chi connectivity index (χ1v) is 11.8. The standard InChI is InChI=1S/C23H33NO2Si/c1-16(2)27(17(3)4)18(5)6-11-23(26)14-21-10-7-20(15-24-21)19-8-12-22(25)13-9-19/h7-10,12-13,15-18,23,26H,6,11,14H2,1-5H3/p+1. The van der Waals surface area contributed by atoms with Crippen molar-refractivity contribution in [2.75, 3.05) is 0 Å². The number of aliphatic hydroxyl groups excluding tert-OH is 1. The van der Waals surface area contributed by atoms with Crippen LogP contribution in [-0.2, 0) is 6.42 Å². The Hall–Kier alpha value is -1.65. The van der Waals surface area contributed by atoms with Gasteiger partial charge in [-0.25, -0.2) is 0 Å². The molecule has 0 bridgehead atoms. The first kappa shape index (κ1) is 21.6. The number of hydrogen-bond donors (Lipinski definition) is 2. The number of rotatable bonds is 9. The zero-order valence-corrected chi connectivity index (χ0v) is 18.3. The molecule has 2 rings (SSSR count). The number of phenolic OH excluding ortho intramolecular Hbond substituents is 1. The van der Waals surface area contributed by atoms with Crippen molar-refractivity contribution >= 4 is 8.80 Å². The summed E-state index contributed by atoms with van der Waals surface area (Å²) in [6.45, 7) is 11.8. The fourth-order valence-electron chi connectivity index (χ4n) is 4.13. The van der Waals surface area contributed by atoms with Crippen LogP contribution in [0, 0.1) is 0 Å². The van der Waals surface area contributed by atoms with Crippen molar-refractivity contribution in [2.45, 2.75) is 76.6 Å². The summed E-state index contributed by atoms with van der Waals surface area (Å²) in [4.78, 5) is 4.52. The van der Waals surface area contributed by atoms with Gasteiger partial charge in [0, 0.05) is 23.9 Å². The molecule has 0 amide bonds. The number of hydrogen-bond acceptors (Lipinski definition) is 3. The lowest BCUT2D eigenvalue weighted by molar-refractivity contribution is 0.160. The van der Waals surface area contributed by atoms with Crippen molar-refractivity contribution in [3.63, 3.8) is 0 Å². The van der Waals surface area contributed by atoms with Gasteiger partial charge in [-0.15, -0.1) is 0 Å². The second-order valence-electron chi connectivity index (χ2n) is 8.23. The zero-order valence-electron chi connectivity index (χ0n) is 17.3. The maximum atomic E-state index is 10.5. The largest absolute Gasteiger partial charge is 0.508 e. The highest BCUT2D eigenvalue weighted by molar-refractivity contribution is 6.63. The third-order valence-electron chi connectivity index (χ3n) is 5.31. The summed E-state index contributed by atoms with van der Waals surface area (Å²) in [6, 6.07) is 11.1. The molecular weight excluding hydrogens is 350 g/mol. The van der Waals surface area contributed by atoms with Gasteiger partial charge < -0.3 is 10.2 Å². The third-order valence-corrected chi connectivity index (χ3v) is 9.40. The van der Waals surface area contributed by atoms with Crippen molar-refractivity contribution in [1.82, 2.24) is 4.98 Å². The minimum Gasteiger partial charge on any atom is -0.508 e. The first-order valence-electron chi connectivity index (χ1n) is 10.1. The van der Waals surface area contributed by atoms with E-state index in [9.17, 15) is 10.2 Å². The minimum atomic E-state index is -0.408. The molecule has 3 nitrogen and oxygen atoms in total. The highest BCUT2D eigenvalue weighted by atomic mass is 28.3. The molecule has 2 unspecified atom stereocenters. The summed E-state index contributed by atoms with van der Waals surface area (Å²) >= 11 is 0. The Morgan fingerprint density at radius 1 is 0.852 bits per heavy atom. The lowest BCUT2D eigenvalue weighted by Gasteiger charge is -2.18. The van der Waals surface area contributed by atoms with Gasteiger partial charge in [0.2, 0.25) is 0 Å². The summed E-state index contributed by atoms with van der Waals surface area (Å²) in [6.07, 6.45) is 4.05. The molecule has 2 N–H and O–H groups in total. The van der Waals surface area contributed by atoms with Crippen LogP contribution in [0.1, 0.15) is 53.2 Å². The van der Waals surface area contributed by atoms with Crippen LogP contribution in [0.25, 0.3) is 11.1 Å². The molecule has 0 saturated carbocycles. The molecule has 27 heavy (non-hydrogen) atoms. The smallest absolute Gasteiger partial charge is 0.322 e. The Morgan fingerprint density at radius 2 is 1.44 bits per heavy atom. The van der Waals surface area contributed by atoms with Gasteiger partial charge >= 0.3 is 8.80 Å². The lowest BCUT2D eigenvalue weighted by atomic mass is 10.0. The van der Waals surface area contributed by atoms with E-state index in [-0.39, 0.29) is 11.9 Å². The monoisotopic (exact) mass is 384 g/mol. The first-order chi connectivity index (χ1) is 12.8. The number of aromatic hydroxyl groups is 1. The second-order valence-corrected chi connectivity index (χ2v) is 12.5. The van der Waals surface area contributed by atoms with Crippen molar-refractivity contribution < 1.29 is 10.2 Å². The summed E-state index contributed by atoms with van der Waals surface area (Å²) in [5.74, 6) is 0.264. The maximum Gasteiger partial charge on any atom is 0.322 e. The highest BCUT2D eigenvalue weighted by Crippen LogP contribution is 2.33. The molecule has 0 saturated heterocycles. The Labute approximate surface area is 166 Å². The Kier molecular flexibility index (Phi) is 8.05. The zero-order chi connectivity index (χ0) is 20.0. The maximum absolute atomic E-state index is 10.5. The Bertz CT molecular complexity index is 675. The summed E-state index contributed by atoms with van der Waals surface area (Å²) < 4.78 is 0. The molecule has 0 spiro atoms. The van der Waals surface area contributed by atoms with Gasteiger partial charge in [-0.05, 0) is 71.2 Å². The van der Waals surface area contributed by atoms with Gasteiger partial charge in [-0.3, -0.25) is 4.98 Å². The van der Waals surface area contributed by atoms with E-state index in [0.717, 1.165) is 46.3 Å². The van der Waals surface area contributed by atoms with Gasteiger partial charge in [-0.1, -0.05) is 18.2 Å². The van der Waals surface area contributed by atoms with E-state index < -0.39 is 8.80 Å². The van der Waals surface area contributed by atoms with Crippen LogP contribution in [-0.4, -0.2) is 30.1 Å². The van der Waals surface area contributed by atoms with Gasteiger partial charge in [0.05, 0.1) is 22.7 Å². The fourth-order valence-corrected chi connectivity index (χ4v) is 8.24. The Morgan fingerprint density at radius 3 is 1.96 bits per heavy atom. The van der Waals surface area contributed by atoms with Crippen LogP contribution in [0.15, 0.2) is 42.6 Å². The second kappa shape index (κ2) is 10.0. The van der Waals surface area contributed by atoms with Crippen molar-refractivity contribution in [2.24, 2.45) is 0 Å². The molecule has 0 aliphatic carbocycles. The Balaban J connectivity index is 1.88. The van der Waals surface area contributed by atoms with E-state index in [1.165, 1.54) is 0 Å².